The first-order chi connectivity index (χ1) is 11.7. The van der Waals surface area contributed by atoms with Gasteiger partial charge in [0.25, 0.3) is 5.91 Å². The van der Waals surface area contributed by atoms with Gasteiger partial charge >= 0.3 is 0 Å². The van der Waals surface area contributed by atoms with Crippen LogP contribution in [0.2, 0.25) is 0 Å². The molecule has 3 N–H and O–H groups in total. The molecule has 0 spiro atoms. The molecule has 1 aromatic carbocycles. The quantitative estimate of drug-likeness (QED) is 0.514. The number of aliphatic hydroxyl groups excluding tert-OH is 2. The molecular formula is C17H18N4O3. The number of nitriles is 1. The summed E-state index contributed by atoms with van der Waals surface area (Å²) in [6, 6.07) is 11.1. The Kier molecular flexibility index (Phi) is 6.25. The van der Waals surface area contributed by atoms with Crippen molar-refractivity contribution in [3.63, 3.8) is 0 Å². The van der Waals surface area contributed by atoms with Gasteiger partial charge in [-0.1, -0.05) is 18.2 Å². The Morgan fingerprint density at radius 1 is 1.25 bits per heavy atom. The number of aliphatic hydroxyl groups is 2. The first-order valence-corrected chi connectivity index (χ1v) is 7.42. The van der Waals surface area contributed by atoms with E-state index in [1.807, 2.05) is 30.3 Å². The number of hydrogen-bond donors (Lipinski definition) is 3. The maximum atomic E-state index is 12.3. The number of rotatable bonds is 7. The van der Waals surface area contributed by atoms with Gasteiger partial charge < -0.3 is 20.4 Å². The van der Waals surface area contributed by atoms with Crippen LogP contribution in [0.3, 0.4) is 0 Å². The second-order valence-corrected chi connectivity index (χ2v) is 4.93. The van der Waals surface area contributed by atoms with E-state index in [1.165, 1.54) is 11.1 Å². The molecule has 0 fully saturated rings. The van der Waals surface area contributed by atoms with Crippen LogP contribution in [0.15, 0.2) is 48.3 Å². The van der Waals surface area contributed by atoms with Crippen molar-refractivity contribution in [1.29, 1.82) is 5.26 Å². The molecule has 0 aliphatic carbocycles. The zero-order valence-corrected chi connectivity index (χ0v) is 13.0. The van der Waals surface area contributed by atoms with Gasteiger partial charge in [-0.25, -0.2) is 0 Å². The third-order valence-corrected chi connectivity index (χ3v) is 3.38. The van der Waals surface area contributed by atoms with Crippen LogP contribution in [0, 0.1) is 11.3 Å². The number of carbonyl (C=O) groups excluding carboxylic acids is 1. The SMILES string of the molecule is N#C/C(=C/Nc1cccc2cccnc12)C(=O)N(CCO)CCO. The van der Waals surface area contributed by atoms with E-state index in [4.69, 9.17) is 10.2 Å². The van der Waals surface area contributed by atoms with E-state index < -0.39 is 5.91 Å². The second kappa shape index (κ2) is 8.62. The van der Waals surface area contributed by atoms with Crippen molar-refractivity contribution in [1.82, 2.24) is 9.88 Å². The zero-order valence-electron chi connectivity index (χ0n) is 13.0. The van der Waals surface area contributed by atoms with E-state index in [9.17, 15) is 10.1 Å². The highest BCUT2D eigenvalue weighted by molar-refractivity contribution is 5.98. The van der Waals surface area contributed by atoms with Crippen molar-refractivity contribution < 1.29 is 15.0 Å². The second-order valence-electron chi connectivity index (χ2n) is 4.93. The molecule has 0 aliphatic heterocycles. The van der Waals surface area contributed by atoms with Gasteiger partial charge in [0.1, 0.15) is 11.6 Å². The van der Waals surface area contributed by atoms with Gasteiger partial charge in [-0.3, -0.25) is 9.78 Å². The molecule has 2 rings (SSSR count). The average Bonchev–Trinajstić information content (AvgIpc) is 2.62. The molecule has 1 heterocycles. The Hall–Kier alpha value is -2.95. The molecule has 24 heavy (non-hydrogen) atoms. The largest absolute Gasteiger partial charge is 0.395 e. The molecule has 7 nitrogen and oxygen atoms in total. The number of para-hydroxylation sites is 1. The predicted octanol–water partition coefficient (Wildman–Crippen LogP) is 0.867. The number of nitrogens with one attached hydrogen (secondary N) is 1. The van der Waals surface area contributed by atoms with Crippen LogP contribution in [0.25, 0.3) is 10.9 Å². The Morgan fingerprint density at radius 2 is 1.96 bits per heavy atom. The lowest BCUT2D eigenvalue weighted by Gasteiger charge is -2.20. The number of amides is 1. The molecule has 0 radical (unpaired) electrons. The highest BCUT2D eigenvalue weighted by Crippen LogP contribution is 2.20. The van der Waals surface area contributed by atoms with E-state index in [1.54, 1.807) is 12.3 Å². The van der Waals surface area contributed by atoms with E-state index in [0.717, 1.165) is 10.9 Å². The summed E-state index contributed by atoms with van der Waals surface area (Å²) in [5.41, 5.74) is 1.28. The van der Waals surface area contributed by atoms with Crippen molar-refractivity contribution in [3.8, 4) is 6.07 Å². The average molecular weight is 326 g/mol. The third-order valence-electron chi connectivity index (χ3n) is 3.38. The Bertz CT molecular complexity index is 771. The Morgan fingerprint density at radius 3 is 2.62 bits per heavy atom. The number of aromatic nitrogens is 1. The van der Waals surface area contributed by atoms with E-state index in [-0.39, 0.29) is 31.9 Å². The van der Waals surface area contributed by atoms with Gasteiger partial charge in [0.05, 0.1) is 24.4 Å². The molecule has 1 aromatic heterocycles. The predicted molar refractivity (Wildman–Crippen MR) is 89.8 cm³/mol. The summed E-state index contributed by atoms with van der Waals surface area (Å²) in [7, 11) is 0. The van der Waals surface area contributed by atoms with Crippen molar-refractivity contribution in [3.05, 3.63) is 48.3 Å². The van der Waals surface area contributed by atoms with Crippen LogP contribution in [-0.2, 0) is 4.79 Å². The molecular weight excluding hydrogens is 308 g/mol. The zero-order chi connectivity index (χ0) is 17.4. The summed E-state index contributed by atoms with van der Waals surface area (Å²) in [4.78, 5) is 17.8. The lowest BCUT2D eigenvalue weighted by atomic mass is 10.2. The van der Waals surface area contributed by atoms with Crippen molar-refractivity contribution >= 4 is 22.5 Å². The molecule has 0 atom stereocenters. The van der Waals surface area contributed by atoms with Crippen LogP contribution in [0.5, 0.6) is 0 Å². The van der Waals surface area contributed by atoms with Gasteiger partial charge in [0.15, 0.2) is 0 Å². The minimum absolute atomic E-state index is 0.0498. The fourth-order valence-electron chi connectivity index (χ4n) is 2.24. The lowest BCUT2D eigenvalue weighted by molar-refractivity contribution is -0.127. The van der Waals surface area contributed by atoms with Crippen LogP contribution in [0.1, 0.15) is 0 Å². The monoisotopic (exact) mass is 326 g/mol. The molecule has 0 aliphatic rings. The molecule has 0 bridgehead atoms. The Labute approximate surface area is 139 Å². The number of benzene rings is 1. The smallest absolute Gasteiger partial charge is 0.266 e. The van der Waals surface area contributed by atoms with Crippen molar-refractivity contribution in [2.45, 2.75) is 0 Å². The van der Waals surface area contributed by atoms with Gasteiger partial charge in [-0.2, -0.15) is 5.26 Å². The summed E-state index contributed by atoms with van der Waals surface area (Å²) in [5, 5.41) is 31.1. The molecule has 2 aromatic rings. The minimum atomic E-state index is -0.554. The fourth-order valence-corrected chi connectivity index (χ4v) is 2.24. The first-order valence-electron chi connectivity index (χ1n) is 7.42. The Balaban J connectivity index is 2.24. The molecule has 7 heteroatoms. The number of fused-ring (bicyclic) bond motifs is 1. The van der Waals surface area contributed by atoms with Crippen LogP contribution in [-0.4, -0.2) is 52.3 Å². The molecule has 1 amide bonds. The molecule has 0 unspecified atom stereocenters. The van der Waals surface area contributed by atoms with Gasteiger partial charge in [-0.15, -0.1) is 0 Å². The molecule has 0 saturated heterocycles. The lowest BCUT2D eigenvalue weighted by Crippen LogP contribution is -2.36. The maximum absolute atomic E-state index is 12.3. The summed E-state index contributed by atoms with van der Waals surface area (Å²) < 4.78 is 0. The topological polar surface area (TPSA) is 109 Å². The summed E-state index contributed by atoms with van der Waals surface area (Å²) in [5.74, 6) is -0.554. The summed E-state index contributed by atoms with van der Waals surface area (Å²) in [6.07, 6.45) is 2.98. The highest BCUT2D eigenvalue weighted by Gasteiger charge is 2.17. The third kappa shape index (κ3) is 4.07. The van der Waals surface area contributed by atoms with Gasteiger partial charge in [-0.05, 0) is 12.1 Å². The van der Waals surface area contributed by atoms with Gasteiger partial charge in [0.2, 0.25) is 0 Å². The van der Waals surface area contributed by atoms with E-state index in [0.29, 0.717) is 5.69 Å². The number of anilines is 1. The fraction of sp³-hybridized carbons (Fsp3) is 0.235. The number of nitrogens with zero attached hydrogens (tertiary/aromatic N) is 3. The number of pyridine rings is 1. The normalized spacial score (nSPS) is 11.1. The van der Waals surface area contributed by atoms with Crippen LogP contribution >= 0.6 is 0 Å². The van der Waals surface area contributed by atoms with E-state index >= 15 is 0 Å². The summed E-state index contributed by atoms with van der Waals surface area (Å²) >= 11 is 0. The minimum Gasteiger partial charge on any atom is -0.395 e. The van der Waals surface area contributed by atoms with Gasteiger partial charge in [0, 0.05) is 30.9 Å². The highest BCUT2D eigenvalue weighted by atomic mass is 16.3. The number of carbonyl (C=O) groups is 1. The maximum Gasteiger partial charge on any atom is 0.266 e. The summed E-state index contributed by atoms with van der Waals surface area (Å²) in [6.45, 7) is -0.390. The van der Waals surface area contributed by atoms with Crippen LogP contribution in [0.4, 0.5) is 5.69 Å². The van der Waals surface area contributed by atoms with E-state index in [2.05, 4.69) is 10.3 Å². The van der Waals surface area contributed by atoms with Crippen molar-refractivity contribution in [2.75, 3.05) is 31.6 Å². The standard InChI is InChI=1S/C17H18N4O3/c18-11-14(17(24)21(7-9-22)8-10-23)12-20-15-5-1-3-13-4-2-6-19-16(13)15/h1-6,12,20,22-23H,7-10H2/b14-12-. The first kappa shape index (κ1) is 17.4. The van der Waals surface area contributed by atoms with Crippen molar-refractivity contribution in [2.24, 2.45) is 0 Å². The number of hydrogen-bond acceptors (Lipinski definition) is 6. The molecule has 124 valence electrons. The van der Waals surface area contributed by atoms with Crippen LogP contribution < -0.4 is 5.32 Å². The molecule has 0 saturated carbocycles.